The van der Waals surface area contributed by atoms with Gasteiger partial charge in [-0.05, 0) is 12.1 Å². The summed E-state index contributed by atoms with van der Waals surface area (Å²) in [7, 11) is 1.72. The molecule has 4 aromatic rings. The SMILES string of the molecule is Cn1nc(C(C)(C)C)cc1NC(=O)Nc1cc(Oc2cc(-n3ccnn3)ncn2)ccc1F. The molecule has 12 heteroatoms. The largest absolute Gasteiger partial charge is 0.439 e. The number of halogens is 1. The van der Waals surface area contributed by atoms with Crippen LogP contribution in [0.5, 0.6) is 11.6 Å². The van der Waals surface area contributed by atoms with E-state index in [1.807, 2.05) is 20.8 Å². The Balaban J connectivity index is 1.47. The highest BCUT2D eigenvalue weighted by Crippen LogP contribution is 2.27. The minimum absolute atomic E-state index is 0.0613. The van der Waals surface area contributed by atoms with Crippen LogP contribution in [0, 0.1) is 5.82 Å². The fourth-order valence-electron chi connectivity index (χ4n) is 2.85. The van der Waals surface area contributed by atoms with E-state index in [1.165, 1.54) is 35.4 Å². The number of carbonyl (C=O) groups excluding carboxylic acids is 1. The second-order valence-electron chi connectivity index (χ2n) is 8.17. The Morgan fingerprint density at radius 3 is 2.64 bits per heavy atom. The Bertz CT molecular complexity index is 1280. The van der Waals surface area contributed by atoms with Crippen LogP contribution in [0.4, 0.5) is 20.7 Å². The minimum atomic E-state index is -0.621. The zero-order chi connectivity index (χ0) is 23.6. The van der Waals surface area contributed by atoms with Crippen molar-refractivity contribution >= 4 is 17.5 Å². The molecule has 0 saturated heterocycles. The standard InChI is InChI=1S/C21H22FN9O2/c1-21(2,3)16-10-18(30(4)28-16)27-20(32)26-15-9-13(5-6-14(15)22)33-19-11-17(23-12-24-19)31-8-7-25-29-31/h5-12H,1-4H3,(H2,26,27,32). The molecule has 3 aromatic heterocycles. The summed E-state index contributed by atoms with van der Waals surface area (Å²) >= 11 is 0. The fourth-order valence-corrected chi connectivity index (χ4v) is 2.85. The summed E-state index contributed by atoms with van der Waals surface area (Å²) in [5.41, 5.74) is 0.576. The van der Waals surface area contributed by atoms with Crippen LogP contribution >= 0.6 is 0 Å². The van der Waals surface area contributed by atoms with Gasteiger partial charge >= 0.3 is 6.03 Å². The number of aryl methyl sites for hydroxylation is 1. The number of nitrogens with one attached hydrogen (secondary N) is 2. The predicted molar refractivity (Wildman–Crippen MR) is 118 cm³/mol. The van der Waals surface area contributed by atoms with Crippen LogP contribution in [0.15, 0.2) is 49.1 Å². The van der Waals surface area contributed by atoms with Crippen molar-refractivity contribution in [3.8, 4) is 17.4 Å². The van der Waals surface area contributed by atoms with Crippen LogP contribution < -0.4 is 15.4 Å². The molecule has 1 aromatic carbocycles. The third-order valence-electron chi connectivity index (χ3n) is 4.58. The highest BCUT2D eigenvalue weighted by molar-refractivity contribution is 5.99. The van der Waals surface area contributed by atoms with Crippen LogP contribution in [0.2, 0.25) is 0 Å². The molecule has 0 fully saturated rings. The van der Waals surface area contributed by atoms with E-state index in [1.54, 1.807) is 30.1 Å². The Morgan fingerprint density at radius 2 is 1.94 bits per heavy atom. The zero-order valence-corrected chi connectivity index (χ0v) is 18.4. The summed E-state index contributed by atoms with van der Waals surface area (Å²) in [4.78, 5) is 20.6. The summed E-state index contributed by atoms with van der Waals surface area (Å²) in [6.45, 7) is 6.06. The van der Waals surface area contributed by atoms with E-state index in [4.69, 9.17) is 4.74 Å². The first-order valence-corrected chi connectivity index (χ1v) is 9.98. The minimum Gasteiger partial charge on any atom is -0.439 e. The lowest BCUT2D eigenvalue weighted by atomic mass is 9.92. The van der Waals surface area contributed by atoms with Gasteiger partial charge in [-0.15, -0.1) is 5.10 Å². The van der Waals surface area contributed by atoms with E-state index in [9.17, 15) is 9.18 Å². The van der Waals surface area contributed by atoms with E-state index < -0.39 is 11.8 Å². The van der Waals surface area contributed by atoms with E-state index in [0.29, 0.717) is 11.6 Å². The summed E-state index contributed by atoms with van der Waals surface area (Å²) in [5, 5.41) is 17.2. The predicted octanol–water partition coefficient (Wildman–Crippen LogP) is 3.66. The summed E-state index contributed by atoms with van der Waals surface area (Å²) in [6.07, 6.45) is 4.45. The molecule has 33 heavy (non-hydrogen) atoms. The maximum absolute atomic E-state index is 14.3. The maximum Gasteiger partial charge on any atom is 0.324 e. The summed E-state index contributed by atoms with van der Waals surface area (Å²) in [5.74, 6) is 0.784. The van der Waals surface area contributed by atoms with Crippen molar-refractivity contribution in [1.29, 1.82) is 0 Å². The molecule has 11 nitrogen and oxygen atoms in total. The molecule has 0 unspecified atom stereocenters. The first-order chi connectivity index (χ1) is 15.7. The van der Waals surface area contributed by atoms with Crippen molar-refractivity contribution in [2.45, 2.75) is 26.2 Å². The number of hydrogen-bond acceptors (Lipinski definition) is 7. The topological polar surface area (TPSA) is 125 Å². The van der Waals surface area contributed by atoms with Gasteiger partial charge in [-0.2, -0.15) is 5.10 Å². The third kappa shape index (κ3) is 5.11. The van der Waals surface area contributed by atoms with Crippen LogP contribution in [0.3, 0.4) is 0 Å². The molecule has 0 radical (unpaired) electrons. The number of amides is 2. The van der Waals surface area contributed by atoms with Crippen molar-refractivity contribution in [2.75, 3.05) is 10.6 Å². The van der Waals surface area contributed by atoms with E-state index >= 15 is 0 Å². The number of anilines is 2. The number of aromatic nitrogens is 7. The van der Waals surface area contributed by atoms with Gasteiger partial charge in [-0.3, -0.25) is 10.00 Å². The normalized spacial score (nSPS) is 11.3. The molecule has 4 rings (SSSR count). The van der Waals surface area contributed by atoms with E-state index in [0.717, 1.165) is 5.69 Å². The average Bonchev–Trinajstić information content (AvgIpc) is 3.41. The molecule has 0 aliphatic carbocycles. The highest BCUT2D eigenvalue weighted by atomic mass is 19.1. The molecule has 0 spiro atoms. The smallest absolute Gasteiger partial charge is 0.324 e. The molecular weight excluding hydrogens is 429 g/mol. The first kappa shape index (κ1) is 21.9. The van der Waals surface area contributed by atoms with E-state index in [-0.39, 0.29) is 22.7 Å². The average molecular weight is 451 g/mol. The molecule has 0 saturated carbocycles. The molecular formula is C21H22FN9O2. The lowest BCUT2D eigenvalue weighted by Gasteiger charge is -2.13. The second-order valence-corrected chi connectivity index (χ2v) is 8.17. The molecule has 0 bridgehead atoms. The quantitative estimate of drug-likeness (QED) is 0.474. The molecule has 0 atom stereocenters. The number of urea groups is 1. The summed E-state index contributed by atoms with van der Waals surface area (Å²) < 4.78 is 23.0. The van der Waals surface area contributed by atoms with Crippen LogP contribution in [-0.2, 0) is 12.5 Å². The number of hydrogen-bond donors (Lipinski definition) is 2. The first-order valence-electron chi connectivity index (χ1n) is 9.98. The molecule has 2 amide bonds. The second kappa shape index (κ2) is 8.65. The third-order valence-corrected chi connectivity index (χ3v) is 4.58. The van der Waals surface area contributed by atoms with Gasteiger partial charge in [0.2, 0.25) is 5.88 Å². The molecule has 2 N–H and O–H groups in total. The van der Waals surface area contributed by atoms with Gasteiger partial charge < -0.3 is 10.1 Å². The Hall–Kier alpha value is -4.35. The van der Waals surface area contributed by atoms with Crippen molar-refractivity contribution in [2.24, 2.45) is 7.05 Å². The number of ether oxygens (including phenoxy) is 1. The van der Waals surface area contributed by atoms with Crippen molar-refractivity contribution < 1.29 is 13.9 Å². The van der Waals surface area contributed by atoms with Crippen LogP contribution in [0.1, 0.15) is 26.5 Å². The molecule has 3 heterocycles. The van der Waals surface area contributed by atoms with Gasteiger partial charge in [-0.1, -0.05) is 26.0 Å². The van der Waals surface area contributed by atoms with Crippen molar-refractivity contribution in [1.82, 2.24) is 34.7 Å². The number of benzene rings is 1. The fraction of sp³-hybridized carbons (Fsp3) is 0.238. The number of carbonyl (C=O) groups is 1. The zero-order valence-electron chi connectivity index (χ0n) is 18.4. The van der Waals surface area contributed by atoms with Gasteiger partial charge in [0.05, 0.1) is 23.8 Å². The lowest BCUT2D eigenvalue weighted by Crippen LogP contribution is -2.21. The van der Waals surface area contributed by atoms with Gasteiger partial charge in [0.25, 0.3) is 0 Å². The maximum atomic E-state index is 14.3. The van der Waals surface area contributed by atoms with Gasteiger partial charge in [0, 0.05) is 30.7 Å². The van der Waals surface area contributed by atoms with Gasteiger partial charge in [0.1, 0.15) is 23.7 Å². The van der Waals surface area contributed by atoms with Gasteiger partial charge in [-0.25, -0.2) is 23.8 Å². The Kier molecular flexibility index (Phi) is 5.73. The summed E-state index contributed by atoms with van der Waals surface area (Å²) in [6, 6.07) is 6.67. The monoisotopic (exact) mass is 451 g/mol. The number of rotatable bonds is 5. The van der Waals surface area contributed by atoms with Crippen molar-refractivity contribution in [3.63, 3.8) is 0 Å². The molecule has 170 valence electrons. The highest BCUT2D eigenvalue weighted by Gasteiger charge is 2.20. The number of nitrogens with zero attached hydrogens (tertiary/aromatic N) is 7. The van der Waals surface area contributed by atoms with Crippen molar-refractivity contribution in [3.05, 3.63) is 60.6 Å². The van der Waals surface area contributed by atoms with Gasteiger partial charge in [0.15, 0.2) is 5.82 Å². The Morgan fingerprint density at radius 1 is 1.12 bits per heavy atom. The molecule has 0 aliphatic heterocycles. The van der Waals surface area contributed by atoms with Crippen LogP contribution in [0.25, 0.3) is 5.82 Å². The van der Waals surface area contributed by atoms with E-state index in [2.05, 4.69) is 36.0 Å². The Labute approximate surface area is 188 Å². The lowest BCUT2D eigenvalue weighted by molar-refractivity contribution is 0.262. The molecule has 0 aliphatic rings. The van der Waals surface area contributed by atoms with Crippen LogP contribution in [-0.4, -0.2) is 40.8 Å².